The first-order valence-electron chi connectivity index (χ1n) is 10.9. The fraction of sp³-hybridized carbons (Fsp3) is 0.682. The lowest BCUT2D eigenvalue weighted by atomic mass is 9.90. The fourth-order valence-corrected chi connectivity index (χ4v) is 4.56. The number of nitrogens with one attached hydrogen (secondary N) is 1. The molecule has 1 fully saturated rings. The molecule has 2 aromatic rings. The number of nitrogens with zero attached hydrogens (tertiary/aromatic N) is 4. The van der Waals surface area contributed by atoms with Crippen molar-refractivity contribution in [3.8, 4) is 0 Å². The van der Waals surface area contributed by atoms with E-state index in [1.165, 1.54) is 0 Å². The smallest absolute Gasteiger partial charge is 0.277 e. The Bertz CT molecular complexity index is 981. The van der Waals surface area contributed by atoms with E-state index in [1.807, 2.05) is 31.7 Å². The molecule has 0 saturated carbocycles. The molecule has 0 aliphatic carbocycles. The summed E-state index contributed by atoms with van der Waals surface area (Å²) in [4.78, 5) is 35.3. The van der Waals surface area contributed by atoms with Crippen LogP contribution in [0.2, 0.25) is 0 Å². The molecule has 158 valence electrons. The van der Waals surface area contributed by atoms with Crippen molar-refractivity contribution < 1.29 is 4.79 Å². The van der Waals surface area contributed by atoms with Crippen molar-refractivity contribution in [1.82, 2.24) is 24.4 Å². The minimum absolute atomic E-state index is 0.00823. The normalized spacial score (nSPS) is 21.0. The number of hydrogen-bond donors (Lipinski definition) is 1. The van der Waals surface area contributed by atoms with Gasteiger partial charge < -0.3 is 4.90 Å². The largest absolute Gasteiger partial charge is 0.334 e. The van der Waals surface area contributed by atoms with Crippen LogP contribution in [-0.2, 0) is 17.8 Å². The highest BCUT2D eigenvalue weighted by atomic mass is 16.2. The summed E-state index contributed by atoms with van der Waals surface area (Å²) in [6, 6.07) is 2.34. The predicted molar refractivity (Wildman–Crippen MR) is 113 cm³/mol. The molecule has 0 aromatic carbocycles. The van der Waals surface area contributed by atoms with Crippen LogP contribution in [0.5, 0.6) is 0 Å². The fourth-order valence-electron chi connectivity index (χ4n) is 4.56. The van der Waals surface area contributed by atoms with Crippen LogP contribution in [0, 0.1) is 5.41 Å². The predicted octanol–water partition coefficient (Wildman–Crippen LogP) is 2.89. The van der Waals surface area contributed by atoms with Gasteiger partial charge >= 0.3 is 0 Å². The summed E-state index contributed by atoms with van der Waals surface area (Å²) < 4.78 is 1.58. The molecule has 7 heteroatoms. The van der Waals surface area contributed by atoms with E-state index in [4.69, 9.17) is 4.98 Å². The van der Waals surface area contributed by atoms with E-state index < -0.39 is 5.41 Å². The van der Waals surface area contributed by atoms with Crippen LogP contribution in [0.25, 0.3) is 5.65 Å². The minimum atomic E-state index is -0.421. The van der Waals surface area contributed by atoms with Crippen molar-refractivity contribution in [2.24, 2.45) is 5.41 Å². The van der Waals surface area contributed by atoms with E-state index in [1.54, 1.807) is 4.52 Å². The first kappa shape index (κ1) is 20.1. The SMILES string of the molecule is CC(C)N1CCc2nc3cc([C@H]4CCCCN4C(=O)C(C)(C)C)[nH]n3c(=O)c2C1. The van der Waals surface area contributed by atoms with Gasteiger partial charge in [0.15, 0.2) is 5.65 Å². The average molecular weight is 400 g/mol. The van der Waals surface area contributed by atoms with Crippen molar-refractivity contribution >= 4 is 11.6 Å². The highest BCUT2D eigenvalue weighted by Crippen LogP contribution is 2.34. The molecule has 0 radical (unpaired) electrons. The second-order valence-electron chi connectivity index (χ2n) is 9.82. The third-order valence-corrected chi connectivity index (χ3v) is 6.31. The Morgan fingerprint density at radius 2 is 2.00 bits per heavy atom. The molecular formula is C22H33N5O2. The number of hydrogen-bond acceptors (Lipinski definition) is 4. The summed E-state index contributed by atoms with van der Waals surface area (Å²) in [6.45, 7) is 12.6. The molecule has 1 N–H and O–H groups in total. The Labute approximate surface area is 172 Å². The summed E-state index contributed by atoms with van der Waals surface area (Å²) >= 11 is 0. The number of carbonyl (C=O) groups is 1. The van der Waals surface area contributed by atoms with E-state index >= 15 is 0 Å². The second kappa shape index (κ2) is 7.27. The molecule has 1 saturated heterocycles. The zero-order valence-electron chi connectivity index (χ0n) is 18.3. The Morgan fingerprint density at radius 1 is 1.24 bits per heavy atom. The Hall–Kier alpha value is -2.15. The molecule has 2 aromatic heterocycles. The van der Waals surface area contributed by atoms with Gasteiger partial charge in [-0.05, 0) is 33.1 Å². The van der Waals surface area contributed by atoms with Gasteiger partial charge in [0.1, 0.15) is 0 Å². The van der Waals surface area contributed by atoms with E-state index in [-0.39, 0.29) is 17.5 Å². The zero-order chi connectivity index (χ0) is 20.9. The third-order valence-electron chi connectivity index (χ3n) is 6.31. The van der Waals surface area contributed by atoms with Gasteiger partial charge in [-0.2, -0.15) is 0 Å². The maximum Gasteiger partial charge on any atom is 0.277 e. The summed E-state index contributed by atoms with van der Waals surface area (Å²) in [6.07, 6.45) is 3.81. The minimum Gasteiger partial charge on any atom is -0.334 e. The van der Waals surface area contributed by atoms with Crippen LogP contribution in [0.3, 0.4) is 0 Å². The molecular weight excluding hydrogens is 366 g/mol. The monoisotopic (exact) mass is 399 g/mol. The highest BCUT2D eigenvalue weighted by molar-refractivity contribution is 5.82. The van der Waals surface area contributed by atoms with E-state index in [0.29, 0.717) is 18.2 Å². The topological polar surface area (TPSA) is 73.7 Å². The molecule has 0 unspecified atom stereocenters. The first-order chi connectivity index (χ1) is 13.7. The Kier molecular flexibility index (Phi) is 5.05. The van der Waals surface area contributed by atoms with Gasteiger partial charge in [-0.3, -0.25) is 19.6 Å². The van der Waals surface area contributed by atoms with E-state index in [2.05, 4.69) is 23.8 Å². The molecule has 2 aliphatic heterocycles. The van der Waals surface area contributed by atoms with Crippen molar-refractivity contribution in [2.75, 3.05) is 13.1 Å². The van der Waals surface area contributed by atoms with Crippen LogP contribution in [-0.4, -0.2) is 49.4 Å². The number of fused-ring (bicyclic) bond motifs is 2. The summed E-state index contributed by atoms with van der Waals surface area (Å²) in [5.41, 5.74) is 2.86. The average Bonchev–Trinajstić information content (AvgIpc) is 3.10. The Morgan fingerprint density at radius 3 is 2.69 bits per heavy atom. The maximum atomic E-state index is 13.2. The standard InChI is InChI=1S/C22H33N5O2/c1-14(2)25-11-9-16-15(13-25)20(28)27-19(23-16)12-17(24-27)18-8-6-7-10-26(18)21(29)22(3,4)5/h12,14,18,24H,6-11,13H2,1-5H3/t18-/m1/s1. The second-order valence-corrected chi connectivity index (χ2v) is 9.82. The first-order valence-corrected chi connectivity index (χ1v) is 10.9. The van der Waals surface area contributed by atoms with Gasteiger partial charge in [-0.25, -0.2) is 9.50 Å². The van der Waals surface area contributed by atoms with Crippen molar-refractivity contribution in [3.63, 3.8) is 0 Å². The number of rotatable bonds is 2. The zero-order valence-corrected chi connectivity index (χ0v) is 18.3. The van der Waals surface area contributed by atoms with Gasteiger partial charge in [0.2, 0.25) is 5.91 Å². The van der Waals surface area contributed by atoms with Crippen LogP contribution in [0.4, 0.5) is 0 Å². The molecule has 4 rings (SSSR count). The van der Waals surface area contributed by atoms with Crippen LogP contribution < -0.4 is 5.56 Å². The van der Waals surface area contributed by atoms with Crippen molar-refractivity contribution in [3.05, 3.63) is 33.4 Å². The molecule has 0 bridgehead atoms. The summed E-state index contributed by atoms with van der Waals surface area (Å²) in [5.74, 6) is 0.160. The third kappa shape index (κ3) is 3.61. The molecule has 4 heterocycles. The lowest BCUT2D eigenvalue weighted by Crippen LogP contribution is -2.44. The van der Waals surface area contributed by atoms with Gasteiger partial charge in [0, 0.05) is 43.6 Å². The molecule has 0 spiro atoms. The highest BCUT2D eigenvalue weighted by Gasteiger charge is 2.35. The molecule has 1 atom stereocenters. The number of carbonyl (C=O) groups excluding carboxylic acids is 1. The van der Waals surface area contributed by atoms with Crippen LogP contribution in [0.15, 0.2) is 10.9 Å². The lowest BCUT2D eigenvalue weighted by molar-refractivity contribution is -0.143. The van der Waals surface area contributed by atoms with Gasteiger partial charge in [-0.15, -0.1) is 0 Å². The number of aromatic amines is 1. The lowest BCUT2D eigenvalue weighted by Gasteiger charge is -2.38. The van der Waals surface area contributed by atoms with Gasteiger partial charge in [0.25, 0.3) is 5.56 Å². The number of piperidine rings is 1. The number of aromatic nitrogens is 3. The summed E-state index contributed by atoms with van der Waals surface area (Å²) in [5, 5.41) is 3.29. The van der Waals surface area contributed by atoms with Crippen LogP contribution >= 0.6 is 0 Å². The van der Waals surface area contributed by atoms with Crippen molar-refractivity contribution in [1.29, 1.82) is 0 Å². The van der Waals surface area contributed by atoms with Gasteiger partial charge in [0.05, 0.1) is 23.0 Å². The molecule has 2 aliphatic rings. The summed E-state index contributed by atoms with van der Waals surface area (Å²) in [7, 11) is 0. The quantitative estimate of drug-likeness (QED) is 0.843. The van der Waals surface area contributed by atoms with Crippen molar-refractivity contribution in [2.45, 2.75) is 78.9 Å². The molecule has 1 amide bonds. The number of H-pyrrole nitrogens is 1. The van der Waals surface area contributed by atoms with E-state index in [0.717, 1.165) is 55.7 Å². The van der Waals surface area contributed by atoms with Gasteiger partial charge in [-0.1, -0.05) is 20.8 Å². The van der Waals surface area contributed by atoms with E-state index in [9.17, 15) is 9.59 Å². The maximum absolute atomic E-state index is 13.2. The number of likely N-dealkylation sites (tertiary alicyclic amines) is 1. The molecule has 29 heavy (non-hydrogen) atoms. The Balaban J connectivity index is 1.73. The molecule has 7 nitrogen and oxygen atoms in total. The number of amides is 1. The van der Waals surface area contributed by atoms with Crippen LogP contribution in [0.1, 0.15) is 76.9 Å².